The number of hydrogen-bond donors (Lipinski definition) is 0. The van der Waals surface area contributed by atoms with Crippen LogP contribution in [0.5, 0.6) is 0 Å². The molecule has 200 valence electrons. The van der Waals surface area contributed by atoms with E-state index in [4.69, 9.17) is 9.16 Å². The van der Waals surface area contributed by atoms with Gasteiger partial charge in [0.05, 0.1) is 12.7 Å². The van der Waals surface area contributed by atoms with Crippen LogP contribution in [0.15, 0.2) is 11.4 Å². The summed E-state index contributed by atoms with van der Waals surface area (Å²) in [5.41, 5.74) is 0.660. The van der Waals surface area contributed by atoms with Crippen molar-refractivity contribution in [3.8, 4) is 0 Å². The summed E-state index contributed by atoms with van der Waals surface area (Å²) in [5.74, 6) is 2.59. The minimum absolute atomic E-state index is 0.0268. The van der Waals surface area contributed by atoms with Gasteiger partial charge in [0.25, 0.3) is 0 Å². The first-order chi connectivity index (χ1) is 16.2. The van der Waals surface area contributed by atoms with Crippen LogP contribution in [0.2, 0.25) is 18.1 Å². The summed E-state index contributed by atoms with van der Waals surface area (Å²) in [6.07, 6.45) is 8.52. The number of halogens is 1. The van der Waals surface area contributed by atoms with Crippen molar-refractivity contribution in [2.45, 2.75) is 111 Å². The van der Waals surface area contributed by atoms with E-state index in [1.54, 1.807) is 0 Å². The van der Waals surface area contributed by atoms with Crippen molar-refractivity contribution in [2.24, 2.45) is 46.3 Å². The Balaban J connectivity index is 1.50. The van der Waals surface area contributed by atoms with Gasteiger partial charge in [0.2, 0.25) is 0 Å². The van der Waals surface area contributed by atoms with Crippen molar-refractivity contribution >= 4 is 14.3 Å². The number of rotatable bonds is 5. The summed E-state index contributed by atoms with van der Waals surface area (Å²) in [4.78, 5) is 12.2. The molecule has 3 nitrogen and oxygen atoms in total. The van der Waals surface area contributed by atoms with Crippen LogP contribution in [0.25, 0.3) is 0 Å². The molecule has 0 N–H and O–H groups in total. The summed E-state index contributed by atoms with van der Waals surface area (Å²) >= 11 is 0. The third-order valence-corrected chi connectivity index (χ3v) is 16.6. The molecule has 0 aromatic heterocycles. The van der Waals surface area contributed by atoms with Gasteiger partial charge in [-0.2, -0.15) is 0 Å². The number of hydrogen-bond acceptors (Lipinski definition) is 3. The molecule has 4 aliphatic rings. The molecule has 5 heteroatoms. The number of esters is 1. The Morgan fingerprint density at radius 3 is 2.34 bits per heavy atom. The molecule has 3 fully saturated rings. The Hall–Kier alpha value is -0.683. The standard InChI is InChI=1S/C30H51FO3Si/c1-19(18-34-35(8,9)28(2,3)4)22-12-13-23-20-10-11-25-26(31)21(27(32)33-7)14-16-30(25,6)24(20)15-17-29(22,23)5/h19-20,22-25H,10-18H2,1-9H3/t19?,20-,22+,23-,24-,25?,29+,30+/m0/s1. The zero-order valence-electron chi connectivity index (χ0n) is 23.9. The van der Waals surface area contributed by atoms with Crippen LogP contribution in [0.3, 0.4) is 0 Å². The average molecular weight is 507 g/mol. The summed E-state index contributed by atoms with van der Waals surface area (Å²) < 4.78 is 27.2. The Morgan fingerprint density at radius 1 is 1.06 bits per heavy atom. The Kier molecular flexibility index (Phi) is 7.23. The number of carbonyl (C=O) groups is 1. The summed E-state index contributed by atoms with van der Waals surface area (Å²) in [7, 11) is -0.375. The van der Waals surface area contributed by atoms with Crippen molar-refractivity contribution in [2.75, 3.05) is 13.7 Å². The van der Waals surface area contributed by atoms with Crippen LogP contribution >= 0.6 is 0 Å². The highest BCUT2D eigenvalue weighted by Gasteiger charge is 2.61. The molecule has 0 spiro atoms. The molecule has 0 bridgehead atoms. The Labute approximate surface area is 215 Å². The maximum absolute atomic E-state index is 15.6. The SMILES string of the molecule is COC(=O)C1=C(F)C2CC[C@H]3[C@@H]4CC[C@H](C(C)CO[Si](C)(C)C(C)(C)C)[C@@]4(C)CC[C@@H]3[C@@]2(C)CC1. The highest BCUT2D eigenvalue weighted by Crippen LogP contribution is 2.68. The molecular weight excluding hydrogens is 455 g/mol. The first kappa shape index (κ1) is 27.4. The van der Waals surface area contributed by atoms with E-state index in [-0.39, 0.29) is 22.2 Å². The lowest BCUT2D eigenvalue weighted by atomic mass is 9.45. The second-order valence-electron chi connectivity index (χ2n) is 14.6. The fourth-order valence-corrected chi connectivity index (χ4v) is 10.0. The molecule has 3 saturated carbocycles. The van der Waals surface area contributed by atoms with Crippen molar-refractivity contribution < 1.29 is 18.3 Å². The smallest absolute Gasteiger partial charge is 0.336 e. The molecule has 4 aliphatic carbocycles. The number of fused-ring (bicyclic) bond motifs is 5. The van der Waals surface area contributed by atoms with E-state index >= 15 is 4.39 Å². The highest BCUT2D eigenvalue weighted by molar-refractivity contribution is 6.74. The number of methoxy groups -OCH3 is 1. The summed E-state index contributed by atoms with van der Waals surface area (Å²) in [5, 5.41) is 0.248. The minimum atomic E-state index is -1.74. The Bertz CT molecular complexity index is 860. The number of carbonyl (C=O) groups excluding carboxylic acids is 1. The van der Waals surface area contributed by atoms with Crippen LogP contribution < -0.4 is 0 Å². The second kappa shape index (κ2) is 9.25. The van der Waals surface area contributed by atoms with E-state index in [2.05, 4.69) is 54.6 Å². The predicted octanol–water partition coefficient (Wildman–Crippen LogP) is 8.31. The van der Waals surface area contributed by atoms with Crippen LogP contribution in [-0.2, 0) is 14.0 Å². The van der Waals surface area contributed by atoms with Crippen molar-refractivity contribution in [3.63, 3.8) is 0 Å². The zero-order chi connectivity index (χ0) is 26.0. The molecule has 0 amide bonds. The molecule has 0 aromatic carbocycles. The Morgan fingerprint density at radius 2 is 1.71 bits per heavy atom. The van der Waals surface area contributed by atoms with E-state index in [1.807, 2.05) is 0 Å². The zero-order valence-corrected chi connectivity index (χ0v) is 24.9. The fourth-order valence-electron chi connectivity index (χ4n) is 8.93. The van der Waals surface area contributed by atoms with Gasteiger partial charge in [-0.3, -0.25) is 0 Å². The molecule has 0 aromatic rings. The topological polar surface area (TPSA) is 35.5 Å². The normalized spacial score (nSPS) is 40.6. The quantitative estimate of drug-likeness (QED) is 0.278. The van der Waals surface area contributed by atoms with E-state index < -0.39 is 14.3 Å². The van der Waals surface area contributed by atoms with Gasteiger partial charge >= 0.3 is 5.97 Å². The molecular formula is C30H51FO3Si. The van der Waals surface area contributed by atoms with E-state index in [0.29, 0.717) is 35.2 Å². The van der Waals surface area contributed by atoms with Gasteiger partial charge < -0.3 is 9.16 Å². The molecule has 8 atom stereocenters. The third-order valence-electron chi connectivity index (χ3n) is 12.1. The van der Waals surface area contributed by atoms with Crippen LogP contribution in [0.4, 0.5) is 4.39 Å². The first-order valence-electron chi connectivity index (χ1n) is 14.3. The highest BCUT2D eigenvalue weighted by atomic mass is 28.4. The maximum Gasteiger partial charge on any atom is 0.336 e. The number of ether oxygens (including phenoxy) is 1. The minimum Gasteiger partial charge on any atom is -0.466 e. The molecule has 2 unspecified atom stereocenters. The van der Waals surface area contributed by atoms with Crippen LogP contribution in [0, 0.1) is 46.3 Å². The maximum atomic E-state index is 15.6. The van der Waals surface area contributed by atoms with E-state index in [1.165, 1.54) is 32.8 Å². The monoisotopic (exact) mass is 506 g/mol. The van der Waals surface area contributed by atoms with Crippen LogP contribution in [0.1, 0.15) is 92.9 Å². The van der Waals surface area contributed by atoms with Gasteiger partial charge in [0, 0.05) is 12.5 Å². The van der Waals surface area contributed by atoms with Gasteiger partial charge in [-0.1, -0.05) is 41.5 Å². The van der Waals surface area contributed by atoms with Crippen molar-refractivity contribution in [1.82, 2.24) is 0 Å². The van der Waals surface area contributed by atoms with Crippen molar-refractivity contribution in [1.29, 1.82) is 0 Å². The fraction of sp³-hybridized carbons (Fsp3) is 0.900. The molecule has 0 aliphatic heterocycles. The average Bonchev–Trinajstić information content (AvgIpc) is 3.13. The van der Waals surface area contributed by atoms with Crippen LogP contribution in [-0.4, -0.2) is 28.0 Å². The predicted molar refractivity (Wildman–Crippen MR) is 143 cm³/mol. The molecule has 0 radical (unpaired) electrons. The van der Waals surface area contributed by atoms with E-state index in [0.717, 1.165) is 37.7 Å². The second-order valence-corrected chi connectivity index (χ2v) is 19.4. The largest absolute Gasteiger partial charge is 0.466 e. The molecule has 4 rings (SSSR count). The first-order valence-corrected chi connectivity index (χ1v) is 17.2. The lowest BCUT2D eigenvalue weighted by Gasteiger charge is -2.60. The molecule has 0 heterocycles. The van der Waals surface area contributed by atoms with Gasteiger partial charge in [-0.05, 0) is 110 Å². The number of allylic oxidation sites excluding steroid dienone is 1. The van der Waals surface area contributed by atoms with E-state index in [9.17, 15) is 4.79 Å². The lowest BCUT2D eigenvalue weighted by Crippen LogP contribution is -2.53. The third kappa shape index (κ3) is 4.39. The van der Waals surface area contributed by atoms with Gasteiger partial charge in [-0.25, -0.2) is 9.18 Å². The van der Waals surface area contributed by atoms with Gasteiger partial charge in [-0.15, -0.1) is 0 Å². The summed E-state index contributed by atoms with van der Waals surface area (Å²) in [6.45, 7) is 20.0. The van der Waals surface area contributed by atoms with Crippen molar-refractivity contribution in [3.05, 3.63) is 11.4 Å². The van der Waals surface area contributed by atoms with Gasteiger partial charge in [0.1, 0.15) is 5.83 Å². The molecule has 0 saturated heterocycles. The molecule has 35 heavy (non-hydrogen) atoms. The lowest BCUT2D eigenvalue weighted by molar-refractivity contribution is -0.138. The summed E-state index contributed by atoms with van der Waals surface area (Å²) in [6, 6.07) is 0. The van der Waals surface area contributed by atoms with Gasteiger partial charge in [0.15, 0.2) is 8.32 Å².